The monoisotopic (exact) mass is 415 g/mol. The van der Waals surface area contributed by atoms with E-state index in [1.807, 2.05) is 18.3 Å². The van der Waals surface area contributed by atoms with Crippen LogP contribution in [0.25, 0.3) is 6.08 Å². The molecule has 0 amide bonds. The number of nitrogens with zero attached hydrogens (tertiary/aromatic N) is 1. The second-order valence-corrected chi connectivity index (χ2v) is 8.51. The normalized spacial score (nSPS) is 12.3. The van der Waals surface area contributed by atoms with E-state index in [-0.39, 0.29) is 5.92 Å². The lowest BCUT2D eigenvalue weighted by Crippen LogP contribution is -2.07. The van der Waals surface area contributed by atoms with Gasteiger partial charge in [0.1, 0.15) is 0 Å². The van der Waals surface area contributed by atoms with Gasteiger partial charge in [-0.15, -0.1) is 0 Å². The van der Waals surface area contributed by atoms with Gasteiger partial charge in [0.2, 0.25) is 0 Å². The van der Waals surface area contributed by atoms with Crippen molar-refractivity contribution in [2.75, 3.05) is 0 Å². The smallest absolute Gasteiger partial charge is 0.0444 e. The highest BCUT2D eigenvalue weighted by atomic mass is 35.5. The molecule has 0 saturated heterocycles. The van der Waals surface area contributed by atoms with Gasteiger partial charge in [0.15, 0.2) is 0 Å². The molecule has 0 bridgehead atoms. The SMILES string of the molecule is C=C/C=C\c1ccc(C(CCc2ncc(C)cc2C)c2cc(C)ccc2Cl)cc1C. The summed E-state index contributed by atoms with van der Waals surface area (Å²) in [7, 11) is 0. The van der Waals surface area contributed by atoms with Crippen LogP contribution < -0.4 is 0 Å². The van der Waals surface area contributed by atoms with Gasteiger partial charge in [-0.1, -0.05) is 78.4 Å². The van der Waals surface area contributed by atoms with Gasteiger partial charge in [-0.2, -0.15) is 0 Å². The minimum atomic E-state index is 0.219. The Morgan fingerprint density at radius 1 is 0.967 bits per heavy atom. The first-order valence-corrected chi connectivity index (χ1v) is 10.8. The molecule has 1 nitrogen and oxygen atoms in total. The lowest BCUT2D eigenvalue weighted by atomic mass is 9.84. The highest BCUT2D eigenvalue weighted by Gasteiger charge is 2.19. The van der Waals surface area contributed by atoms with Crippen LogP contribution in [0.3, 0.4) is 0 Å². The number of aryl methyl sites for hydroxylation is 5. The molecule has 0 aliphatic rings. The van der Waals surface area contributed by atoms with Crippen molar-refractivity contribution in [3.05, 3.63) is 117 Å². The summed E-state index contributed by atoms with van der Waals surface area (Å²) in [5.41, 5.74) is 9.80. The molecule has 0 N–H and O–H groups in total. The third-order valence-corrected chi connectivity index (χ3v) is 5.97. The number of rotatable bonds is 7. The van der Waals surface area contributed by atoms with Crippen molar-refractivity contribution in [2.45, 2.75) is 46.5 Å². The topological polar surface area (TPSA) is 12.9 Å². The van der Waals surface area contributed by atoms with Gasteiger partial charge in [-0.25, -0.2) is 0 Å². The van der Waals surface area contributed by atoms with Gasteiger partial charge in [0, 0.05) is 22.8 Å². The van der Waals surface area contributed by atoms with Crippen molar-refractivity contribution in [3.8, 4) is 0 Å². The fourth-order valence-corrected chi connectivity index (χ4v) is 4.24. The first-order valence-electron chi connectivity index (χ1n) is 10.5. The highest BCUT2D eigenvalue weighted by molar-refractivity contribution is 6.31. The molecule has 1 aromatic heterocycles. The van der Waals surface area contributed by atoms with E-state index in [2.05, 4.69) is 76.7 Å². The van der Waals surface area contributed by atoms with Crippen LogP contribution in [0.1, 0.15) is 57.0 Å². The van der Waals surface area contributed by atoms with E-state index >= 15 is 0 Å². The molecular formula is C28H30ClN. The highest BCUT2D eigenvalue weighted by Crippen LogP contribution is 2.35. The number of aromatic nitrogens is 1. The van der Waals surface area contributed by atoms with Gasteiger partial charge >= 0.3 is 0 Å². The van der Waals surface area contributed by atoms with Crippen molar-refractivity contribution in [1.82, 2.24) is 4.98 Å². The number of allylic oxidation sites excluding steroid dienone is 2. The van der Waals surface area contributed by atoms with Crippen molar-refractivity contribution >= 4 is 17.7 Å². The summed E-state index contributed by atoms with van der Waals surface area (Å²) < 4.78 is 0. The second-order valence-electron chi connectivity index (χ2n) is 8.10. The third-order valence-electron chi connectivity index (χ3n) is 5.63. The standard InChI is InChI=1S/C28H30ClN/c1-6-7-8-23-10-11-24(17-21(23)4)25(26-16-19(2)9-13-27(26)29)12-14-28-22(5)15-20(3)18-30-28/h6-11,13,15-18,25H,1,12,14H2,2-5H3/b8-7-. The summed E-state index contributed by atoms with van der Waals surface area (Å²) in [6.07, 6.45) is 9.71. The molecule has 2 aromatic carbocycles. The van der Waals surface area contributed by atoms with Crippen molar-refractivity contribution in [3.63, 3.8) is 0 Å². The first-order chi connectivity index (χ1) is 14.4. The molecule has 0 radical (unpaired) electrons. The molecule has 3 aromatic rings. The van der Waals surface area contributed by atoms with E-state index in [0.29, 0.717) is 0 Å². The molecule has 0 aliphatic heterocycles. The Hall–Kier alpha value is -2.64. The molecule has 1 unspecified atom stereocenters. The molecule has 0 aliphatic carbocycles. The lowest BCUT2D eigenvalue weighted by Gasteiger charge is -2.21. The lowest BCUT2D eigenvalue weighted by molar-refractivity contribution is 0.700. The largest absolute Gasteiger partial charge is 0.261 e. The number of hydrogen-bond donors (Lipinski definition) is 0. The van der Waals surface area contributed by atoms with Crippen LogP contribution in [-0.4, -0.2) is 4.98 Å². The Balaban J connectivity index is 1.99. The molecule has 2 heteroatoms. The maximum Gasteiger partial charge on any atom is 0.0444 e. The van der Waals surface area contributed by atoms with Gasteiger partial charge in [0.05, 0.1) is 0 Å². The maximum atomic E-state index is 6.68. The van der Waals surface area contributed by atoms with Gasteiger partial charge < -0.3 is 0 Å². The zero-order chi connectivity index (χ0) is 21.7. The second kappa shape index (κ2) is 9.91. The average molecular weight is 416 g/mol. The van der Waals surface area contributed by atoms with Crippen molar-refractivity contribution in [1.29, 1.82) is 0 Å². The van der Waals surface area contributed by atoms with E-state index in [1.165, 1.54) is 38.9 Å². The third kappa shape index (κ3) is 5.29. The molecule has 0 fully saturated rings. The predicted molar refractivity (Wildman–Crippen MR) is 130 cm³/mol. The van der Waals surface area contributed by atoms with E-state index in [4.69, 9.17) is 16.6 Å². The summed E-state index contributed by atoms with van der Waals surface area (Å²) in [5, 5.41) is 0.826. The fraction of sp³-hybridized carbons (Fsp3) is 0.250. The maximum absolute atomic E-state index is 6.68. The van der Waals surface area contributed by atoms with Crippen LogP contribution >= 0.6 is 11.6 Å². The van der Waals surface area contributed by atoms with E-state index in [9.17, 15) is 0 Å². The van der Waals surface area contributed by atoms with Crippen LogP contribution in [0.15, 0.2) is 67.4 Å². The number of halogens is 1. The summed E-state index contributed by atoms with van der Waals surface area (Å²) in [5.74, 6) is 0.219. The molecular weight excluding hydrogens is 386 g/mol. The Morgan fingerprint density at radius 2 is 1.77 bits per heavy atom. The van der Waals surface area contributed by atoms with E-state index < -0.39 is 0 Å². The number of benzene rings is 2. The minimum Gasteiger partial charge on any atom is -0.261 e. The minimum absolute atomic E-state index is 0.219. The quantitative estimate of drug-likeness (QED) is 0.357. The summed E-state index contributed by atoms with van der Waals surface area (Å²) in [6, 6.07) is 15.2. The Labute approximate surface area is 186 Å². The molecule has 0 spiro atoms. The van der Waals surface area contributed by atoms with Gasteiger partial charge in [-0.3, -0.25) is 4.98 Å². The molecule has 3 rings (SSSR count). The van der Waals surface area contributed by atoms with Crippen LogP contribution in [-0.2, 0) is 6.42 Å². The Morgan fingerprint density at radius 3 is 2.47 bits per heavy atom. The summed E-state index contributed by atoms with van der Waals surface area (Å²) >= 11 is 6.68. The number of pyridine rings is 1. The van der Waals surface area contributed by atoms with Crippen LogP contribution in [0, 0.1) is 27.7 Å². The van der Waals surface area contributed by atoms with Crippen LogP contribution in [0.4, 0.5) is 0 Å². The molecule has 0 saturated carbocycles. The summed E-state index contributed by atoms with van der Waals surface area (Å²) in [4.78, 5) is 4.69. The average Bonchev–Trinajstić information content (AvgIpc) is 2.71. The van der Waals surface area contributed by atoms with Crippen molar-refractivity contribution < 1.29 is 0 Å². The van der Waals surface area contributed by atoms with Crippen molar-refractivity contribution in [2.24, 2.45) is 0 Å². The van der Waals surface area contributed by atoms with E-state index in [0.717, 1.165) is 23.6 Å². The first kappa shape index (κ1) is 22.1. The van der Waals surface area contributed by atoms with E-state index in [1.54, 1.807) is 6.08 Å². The molecule has 1 heterocycles. The van der Waals surface area contributed by atoms with Crippen LogP contribution in [0.5, 0.6) is 0 Å². The molecule has 154 valence electrons. The van der Waals surface area contributed by atoms with Gasteiger partial charge in [0.25, 0.3) is 0 Å². The zero-order valence-corrected chi connectivity index (χ0v) is 19.1. The number of hydrogen-bond acceptors (Lipinski definition) is 1. The summed E-state index contributed by atoms with van der Waals surface area (Å²) in [6.45, 7) is 12.3. The zero-order valence-electron chi connectivity index (χ0n) is 18.4. The molecule has 1 atom stereocenters. The van der Waals surface area contributed by atoms with Crippen LogP contribution in [0.2, 0.25) is 5.02 Å². The van der Waals surface area contributed by atoms with Gasteiger partial charge in [-0.05, 0) is 80.0 Å². The molecule has 30 heavy (non-hydrogen) atoms. The predicted octanol–water partition coefficient (Wildman–Crippen LogP) is 7.93. The fourth-order valence-electron chi connectivity index (χ4n) is 3.99. The Bertz CT molecular complexity index is 1080. The Kier molecular flexibility index (Phi) is 7.29.